The average Bonchev–Trinajstić information content (AvgIpc) is 2.30. The standard InChI is InChI=1S/C14H22BrNO/c1-11-9-13(10-12(2)14(11)15)17-8-6-4-3-5-7-16/h9-10H,3-8,16H2,1-2H3. The fourth-order valence-electron chi connectivity index (χ4n) is 1.78. The second-order valence-electron chi connectivity index (χ2n) is 4.42. The average molecular weight is 300 g/mol. The van der Waals surface area contributed by atoms with Crippen molar-refractivity contribution in [2.45, 2.75) is 39.5 Å². The highest BCUT2D eigenvalue weighted by molar-refractivity contribution is 9.10. The Kier molecular flexibility index (Phi) is 6.60. The minimum atomic E-state index is 0.797. The lowest BCUT2D eigenvalue weighted by atomic mass is 10.1. The van der Waals surface area contributed by atoms with Crippen LogP contribution in [0.2, 0.25) is 0 Å². The molecule has 0 amide bonds. The van der Waals surface area contributed by atoms with E-state index in [1.807, 2.05) is 0 Å². The first-order valence-corrected chi connectivity index (χ1v) is 7.04. The van der Waals surface area contributed by atoms with Gasteiger partial charge in [0.15, 0.2) is 0 Å². The zero-order valence-electron chi connectivity index (χ0n) is 10.8. The van der Waals surface area contributed by atoms with Gasteiger partial charge in [-0.25, -0.2) is 0 Å². The highest BCUT2D eigenvalue weighted by Crippen LogP contribution is 2.26. The van der Waals surface area contributed by atoms with Crippen LogP contribution in [0.5, 0.6) is 5.75 Å². The van der Waals surface area contributed by atoms with Gasteiger partial charge in [-0.2, -0.15) is 0 Å². The monoisotopic (exact) mass is 299 g/mol. The fraction of sp³-hybridized carbons (Fsp3) is 0.571. The van der Waals surface area contributed by atoms with Gasteiger partial charge in [0.2, 0.25) is 0 Å². The van der Waals surface area contributed by atoms with Crippen molar-refractivity contribution in [2.24, 2.45) is 5.73 Å². The molecule has 0 heterocycles. The van der Waals surface area contributed by atoms with Crippen molar-refractivity contribution in [2.75, 3.05) is 13.2 Å². The number of rotatable bonds is 7. The van der Waals surface area contributed by atoms with Gasteiger partial charge in [-0.15, -0.1) is 0 Å². The van der Waals surface area contributed by atoms with Gasteiger partial charge in [0.25, 0.3) is 0 Å². The summed E-state index contributed by atoms with van der Waals surface area (Å²) in [6.45, 7) is 5.77. The van der Waals surface area contributed by atoms with Crippen molar-refractivity contribution in [3.8, 4) is 5.75 Å². The zero-order valence-corrected chi connectivity index (χ0v) is 12.3. The second kappa shape index (κ2) is 7.72. The van der Waals surface area contributed by atoms with E-state index in [1.165, 1.54) is 28.4 Å². The molecule has 17 heavy (non-hydrogen) atoms. The van der Waals surface area contributed by atoms with E-state index in [9.17, 15) is 0 Å². The Bertz CT molecular complexity index is 329. The Morgan fingerprint density at radius 3 is 2.24 bits per heavy atom. The summed E-state index contributed by atoms with van der Waals surface area (Å²) >= 11 is 3.56. The molecule has 1 aromatic carbocycles. The molecule has 0 unspecified atom stereocenters. The second-order valence-corrected chi connectivity index (χ2v) is 5.22. The molecule has 0 aliphatic heterocycles. The molecule has 0 spiro atoms. The number of hydrogen-bond acceptors (Lipinski definition) is 2. The third-order valence-electron chi connectivity index (χ3n) is 2.78. The number of halogens is 1. The molecule has 0 aliphatic carbocycles. The predicted molar refractivity (Wildman–Crippen MR) is 76.6 cm³/mol. The largest absolute Gasteiger partial charge is 0.494 e. The molecular formula is C14H22BrNO. The number of aryl methyl sites for hydroxylation is 2. The van der Waals surface area contributed by atoms with Gasteiger partial charge >= 0.3 is 0 Å². The van der Waals surface area contributed by atoms with E-state index in [-0.39, 0.29) is 0 Å². The first-order valence-electron chi connectivity index (χ1n) is 6.24. The lowest BCUT2D eigenvalue weighted by molar-refractivity contribution is 0.304. The molecule has 1 aromatic rings. The van der Waals surface area contributed by atoms with Crippen LogP contribution in [0.4, 0.5) is 0 Å². The Labute approximate surface area is 113 Å². The van der Waals surface area contributed by atoms with E-state index in [0.29, 0.717) is 0 Å². The Morgan fingerprint density at radius 2 is 1.65 bits per heavy atom. The summed E-state index contributed by atoms with van der Waals surface area (Å²) in [5.41, 5.74) is 7.90. The molecule has 96 valence electrons. The summed E-state index contributed by atoms with van der Waals surface area (Å²) in [7, 11) is 0. The number of nitrogens with two attached hydrogens (primary N) is 1. The lowest BCUT2D eigenvalue weighted by Gasteiger charge is -2.10. The molecule has 0 saturated carbocycles. The maximum Gasteiger partial charge on any atom is 0.119 e. The van der Waals surface area contributed by atoms with Gasteiger partial charge in [0, 0.05) is 4.47 Å². The number of ether oxygens (including phenoxy) is 1. The molecule has 3 heteroatoms. The third-order valence-corrected chi connectivity index (χ3v) is 4.03. The van der Waals surface area contributed by atoms with Crippen LogP contribution in [0.25, 0.3) is 0 Å². The smallest absolute Gasteiger partial charge is 0.119 e. The summed E-state index contributed by atoms with van der Waals surface area (Å²) in [6, 6.07) is 4.16. The molecule has 1 rings (SSSR count). The molecule has 0 aromatic heterocycles. The molecule has 2 N–H and O–H groups in total. The molecule has 0 radical (unpaired) electrons. The van der Waals surface area contributed by atoms with Gasteiger partial charge < -0.3 is 10.5 Å². The van der Waals surface area contributed by atoms with Crippen molar-refractivity contribution in [3.63, 3.8) is 0 Å². The Morgan fingerprint density at radius 1 is 1.06 bits per heavy atom. The summed E-state index contributed by atoms with van der Waals surface area (Å²) in [6.07, 6.45) is 4.63. The predicted octanol–water partition coefficient (Wildman–Crippen LogP) is 3.96. The van der Waals surface area contributed by atoms with Crippen molar-refractivity contribution in [1.29, 1.82) is 0 Å². The summed E-state index contributed by atoms with van der Waals surface area (Å²) in [5.74, 6) is 0.974. The van der Waals surface area contributed by atoms with Crippen molar-refractivity contribution in [1.82, 2.24) is 0 Å². The topological polar surface area (TPSA) is 35.2 Å². The van der Waals surface area contributed by atoms with Gasteiger partial charge in [0.1, 0.15) is 5.75 Å². The lowest BCUT2D eigenvalue weighted by Crippen LogP contribution is -2.00. The molecule has 0 saturated heterocycles. The van der Waals surface area contributed by atoms with Crippen LogP contribution in [0.1, 0.15) is 36.8 Å². The summed E-state index contributed by atoms with van der Waals surface area (Å²) in [5, 5.41) is 0. The van der Waals surface area contributed by atoms with Crippen LogP contribution in [0.15, 0.2) is 16.6 Å². The van der Waals surface area contributed by atoms with E-state index in [1.54, 1.807) is 0 Å². The first kappa shape index (κ1) is 14.5. The summed E-state index contributed by atoms with van der Waals surface area (Å²) < 4.78 is 6.92. The zero-order chi connectivity index (χ0) is 12.7. The highest BCUT2D eigenvalue weighted by atomic mass is 79.9. The van der Waals surface area contributed by atoms with Crippen LogP contribution in [0.3, 0.4) is 0 Å². The molecule has 0 bridgehead atoms. The van der Waals surface area contributed by atoms with Crippen LogP contribution in [-0.4, -0.2) is 13.2 Å². The Balaban J connectivity index is 2.32. The number of benzene rings is 1. The molecular weight excluding hydrogens is 278 g/mol. The van der Waals surface area contributed by atoms with Crippen LogP contribution in [0, 0.1) is 13.8 Å². The van der Waals surface area contributed by atoms with E-state index >= 15 is 0 Å². The minimum absolute atomic E-state index is 0.797. The van der Waals surface area contributed by atoms with Gasteiger partial charge in [-0.3, -0.25) is 0 Å². The molecule has 0 fully saturated rings. The van der Waals surface area contributed by atoms with Crippen molar-refractivity contribution >= 4 is 15.9 Å². The highest BCUT2D eigenvalue weighted by Gasteiger charge is 2.02. The maximum atomic E-state index is 5.75. The van der Waals surface area contributed by atoms with Crippen molar-refractivity contribution in [3.05, 3.63) is 27.7 Å². The third kappa shape index (κ3) is 5.09. The van der Waals surface area contributed by atoms with Crippen molar-refractivity contribution < 1.29 is 4.74 Å². The molecule has 0 atom stereocenters. The van der Waals surface area contributed by atoms with E-state index in [4.69, 9.17) is 10.5 Å². The quantitative estimate of drug-likeness (QED) is 0.773. The summed E-state index contributed by atoms with van der Waals surface area (Å²) in [4.78, 5) is 0. The Hall–Kier alpha value is -0.540. The number of unbranched alkanes of at least 4 members (excludes halogenated alkanes) is 3. The van der Waals surface area contributed by atoms with Gasteiger partial charge in [-0.05, 0) is 56.5 Å². The van der Waals surface area contributed by atoms with Crippen LogP contribution < -0.4 is 10.5 Å². The molecule has 2 nitrogen and oxygen atoms in total. The normalized spacial score (nSPS) is 10.6. The van der Waals surface area contributed by atoms with Gasteiger partial charge in [-0.1, -0.05) is 28.8 Å². The van der Waals surface area contributed by atoms with Crippen LogP contribution >= 0.6 is 15.9 Å². The number of hydrogen-bond donors (Lipinski definition) is 1. The van der Waals surface area contributed by atoms with Gasteiger partial charge in [0.05, 0.1) is 6.61 Å². The van der Waals surface area contributed by atoms with E-state index < -0.39 is 0 Å². The SMILES string of the molecule is Cc1cc(OCCCCCCN)cc(C)c1Br. The minimum Gasteiger partial charge on any atom is -0.494 e. The van der Waals surface area contributed by atoms with E-state index in [2.05, 4.69) is 41.9 Å². The van der Waals surface area contributed by atoms with E-state index in [0.717, 1.165) is 31.7 Å². The maximum absolute atomic E-state index is 5.75. The first-order chi connectivity index (χ1) is 8.15. The van der Waals surface area contributed by atoms with Crippen LogP contribution in [-0.2, 0) is 0 Å². The fourth-order valence-corrected chi connectivity index (χ4v) is 2.01. The molecule has 0 aliphatic rings.